The molecule has 1 N–H and O–H groups in total. The van der Waals surface area contributed by atoms with E-state index in [1.807, 2.05) is 73.1 Å². The molecule has 196 valence electrons. The Hall–Kier alpha value is -4.33. The predicted molar refractivity (Wildman–Crippen MR) is 145 cm³/mol. The van der Waals surface area contributed by atoms with Gasteiger partial charge in [-0.1, -0.05) is 6.07 Å². The first kappa shape index (κ1) is 25.3. The van der Waals surface area contributed by atoms with Crippen molar-refractivity contribution in [1.29, 1.82) is 5.41 Å². The molecule has 1 aliphatic heterocycles. The fraction of sp³-hybridized carbons (Fsp3) is 0.300. The minimum absolute atomic E-state index is 0.00183. The molecule has 0 saturated carbocycles. The number of aryl methyl sites for hydroxylation is 3. The molecule has 1 amide bonds. The maximum Gasteiger partial charge on any atom is 0.254 e. The Kier molecular flexibility index (Phi) is 6.80. The van der Waals surface area contributed by atoms with Gasteiger partial charge in [-0.2, -0.15) is 0 Å². The van der Waals surface area contributed by atoms with Gasteiger partial charge in [-0.05, 0) is 72.9 Å². The highest BCUT2D eigenvalue weighted by atomic mass is 16.5. The van der Waals surface area contributed by atoms with E-state index in [1.54, 1.807) is 18.8 Å². The Balaban J connectivity index is 1.57. The second-order valence-corrected chi connectivity index (χ2v) is 9.81. The number of carbonyl (C=O) groups excluding carboxylic acids is 1. The van der Waals surface area contributed by atoms with Gasteiger partial charge in [0.15, 0.2) is 0 Å². The Morgan fingerprint density at radius 1 is 0.895 bits per heavy atom. The second-order valence-electron chi connectivity index (χ2n) is 9.81. The van der Waals surface area contributed by atoms with E-state index in [-0.39, 0.29) is 5.91 Å². The molecule has 1 aliphatic rings. The topological polar surface area (TPSA) is 85.4 Å². The smallest absolute Gasteiger partial charge is 0.254 e. The Morgan fingerprint density at radius 2 is 1.58 bits per heavy atom. The number of methoxy groups -OCH3 is 2. The SMILES string of the molecule is COc1cc(CN2CCc3c(cc(Cn4ccn(C)c4=N)cc3-c3ccc(C)nc3C)C2=O)cc(OC)c1. The number of nitrogens with one attached hydrogen (secondary N) is 1. The largest absolute Gasteiger partial charge is 0.497 e. The van der Waals surface area contributed by atoms with Gasteiger partial charge in [-0.15, -0.1) is 0 Å². The molecule has 2 aromatic carbocycles. The molecule has 4 aromatic rings. The molecule has 0 atom stereocenters. The third-order valence-electron chi connectivity index (χ3n) is 7.19. The molecule has 0 unspecified atom stereocenters. The van der Waals surface area contributed by atoms with Crippen molar-refractivity contribution in [2.75, 3.05) is 20.8 Å². The second kappa shape index (κ2) is 10.2. The number of benzene rings is 2. The van der Waals surface area contributed by atoms with Crippen molar-refractivity contribution in [3.8, 4) is 22.6 Å². The summed E-state index contributed by atoms with van der Waals surface area (Å²) in [5.74, 6) is 1.39. The summed E-state index contributed by atoms with van der Waals surface area (Å²) >= 11 is 0. The van der Waals surface area contributed by atoms with Crippen LogP contribution in [0.3, 0.4) is 0 Å². The maximum absolute atomic E-state index is 13.9. The summed E-state index contributed by atoms with van der Waals surface area (Å²) < 4.78 is 14.5. The molecule has 3 heterocycles. The molecule has 2 aromatic heterocycles. The van der Waals surface area contributed by atoms with Crippen LogP contribution in [0, 0.1) is 19.3 Å². The van der Waals surface area contributed by atoms with Crippen molar-refractivity contribution in [3.63, 3.8) is 0 Å². The lowest BCUT2D eigenvalue weighted by molar-refractivity contribution is 0.0726. The van der Waals surface area contributed by atoms with Crippen LogP contribution in [-0.4, -0.2) is 45.7 Å². The molecular weight excluding hydrogens is 478 g/mol. The highest BCUT2D eigenvalue weighted by Gasteiger charge is 2.28. The summed E-state index contributed by atoms with van der Waals surface area (Å²) in [4.78, 5) is 20.5. The van der Waals surface area contributed by atoms with Crippen molar-refractivity contribution in [2.45, 2.75) is 33.4 Å². The number of fused-ring (bicyclic) bond motifs is 1. The zero-order chi connectivity index (χ0) is 27.0. The van der Waals surface area contributed by atoms with E-state index in [0.29, 0.717) is 42.3 Å². The normalized spacial score (nSPS) is 13.0. The quantitative estimate of drug-likeness (QED) is 0.402. The monoisotopic (exact) mass is 511 g/mol. The van der Waals surface area contributed by atoms with E-state index in [1.165, 1.54) is 0 Å². The van der Waals surface area contributed by atoms with Gasteiger partial charge < -0.3 is 23.5 Å². The highest BCUT2D eigenvalue weighted by molar-refractivity contribution is 5.99. The lowest BCUT2D eigenvalue weighted by Gasteiger charge is -2.31. The Morgan fingerprint density at radius 3 is 2.21 bits per heavy atom. The van der Waals surface area contributed by atoms with Crippen LogP contribution in [0.4, 0.5) is 0 Å². The van der Waals surface area contributed by atoms with Crippen LogP contribution in [0.25, 0.3) is 11.1 Å². The molecule has 38 heavy (non-hydrogen) atoms. The zero-order valence-corrected chi connectivity index (χ0v) is 22.5. The van der Waals surface area contributed by atoms with Gasteiger partial charge in [0.25, 0.3) is 5.91 Å². The van der Waals surface area contributed by atoms with E-state index in [2.05, 4.69) is 12.1 Å². The number of pyridine rings is 1. The first-order chi connectivity index (χ1) is 18.3. The van der Waals surface area contributed by atoms with Crippen molar-refractivity contribution < 1.29 is 14.3 Å². The average Bonchev–Trinajstić information content (AvgIpc) is 3.22. The number of aromatic nitrogens is 3. The van der Waals surface area contributed by atoms with Gasteiger partial charge in [0.05, 0.1) is 20.8 Å². The Labute approximate surface area is 222 Å². The number of rotatable bonds is 7. The molecule has 0 radical (unpaired) electrons. The fourth-order valence-electron chi connectivity index (χ4n) is 5.19. The van der Waals surface area contributed by atoms with Crippen molar-refractivity contribution in [3.05, 3.63) is 94.1 Å². The van der Waals surface area contributed by atoms with Crippen LogP contribution in [0.15, 0.2) is 54.9 Å². The van der Waals surface area contributed by atoms with Crippen LogP contribution in [0.1, 0.15) is 38.4 Å². The van der Waals surface area contributed by atoms with Crippen LogP contribution < -0.4 is 15.1 Å². The summed E-state index contributed by atoms with van der Waals surface area (Å²) in [5, 5.41) is 8.37. The first-order valence-corrected chi connectivity index (χ1v) is 12.7. The van der Waals surface area contributed by atoms with Gasteiger partial charge in [-0.25, -0.2) is 0 Å². The third kappa shape index (κ3) is 4.81. The molecular formula is C30H33N5O3. The summed E-state index contributed by atoms with van der Waals surface area (Å²) in [6, 6.07) is 14.0. The summed E-state index contributed by atoms with van der Waals surface area (Å²) in [7, 11) is 5.10. The van der Waals surface area contributed by atoms with Crippen molar-refractivity contribution in [2.24, 2.45) is 7.05 Å². The number of amides is 1. The predicted octanol–water partition coefficient (Wildman–Crippen LogP) is 4.25. The number of nitrogens with zero attached hydrogens (tertiary/aromatic N) is 4. The van der Waals surface area contributed by atoms with E-state index in [4.69, 9.17) is 19.9 Å². The molecule has 0 saturated heterocycles. The van der Waals surface area contributed by atoms with Gasteiger partial charge in [0.2, 0.25) is 5.62 Å². The van der Waals surface area contributed by atoms with E-state index in [0.717, 1.165) is 45.6 Å². The molecule has 8 heteroatoms. The standard InChI is InChI=1S/C30H33N5O3/c1-19-6-7-25(20(2)32-19)27-14-22(18-35-11-10-33(3)30(35)31)15-28-26(27)8-9-34(29(28)36)17-21-12-23(37-4)16-24(13-21)38-5/h6-7,10-16,31H,8-9,17-18H2,1-5H3. The summed E-state index contributed by atoms with van der Waals surface area (Å²) in [5.41, 5.74) is 8.07. The lowest BCUT2D eigenvalue weighted by Crippen LogP contribution is -2.37. The van der Waals surface area contributed by atoms with Crippen LogP contribution in [0.5, 0.6) is 11.5 Å². The van der Waals surface area contributed by atoms with E-state index >= 15 is 0 Å². The molecule has 0 spiro atoms. The van der Waals surface area contributed by atoms with Crippen LogP contribution in [0.2, 0.25) is 0 Å². The van der Waals surface area contributed by atoms with Gasteiger partial charge >= 0.3 is 0 Å². The summed E-state index contributed by atoms with van der Waals surface area (Å²) in [6.07, 6.45) is 4.50. The van der Waals surface area contributed by atoms with Crippen molar-refractivity contribution in [1.82, 2.24) is 19.0 Å². The molecule has 0 fully saturated rings. The number of ether oxygens (including phenoxy) is 2. The lowest BCUT2D eigenvalue weighted by atomic mass is 9.87. The fourth-order valence-corrected chi connectivity index (χ4v) is 5.19. The highest BCUT2D eigenvalue weighted by Crippen LogP contribution is 2.34. The summed E-state index contributed by atoms with van der Waals surface area (Å²) in [6.45, 7) is 5.57. The van der Waals surface area contributed by atoms with Crippen molar-refractivity contribution >= 4 is 5.91 Å². The molecule has 5 rings (SSSR count). The minimum atomic E-state index is -0.00183. The van der Waals surface area contributed by atoms with Gasteiger partial charge in [0, 0.05) is 61.1 Å². The molecule has 8 nitrogen and oxygen atoms in total. The first-order valence-electron chi connectivity index (χ1n) is 12.7. The van der Waals surface area contributed by atoms with E-state index < -0.39 is 0 Å². The number of imidazole rings is 1. The van der Waals surface area contributed by atoms with Crippen LogP contribution >= 0.6 is 0 Å². The third-order valence-corrected chi connectivity index (χ3v) is 7.19. The van der Waals surface area contributed by atoms with Gasteiger partial charge in [0.1, 0.15) is 11.5 Å². The van der Waals surface area contributed by atoms with Crippen LogP contribution in [-0.2, 0) is 26.6 Å². The number of hydrogen-bond donors (Lipinski definition) is 1. The van der Waals surface area contributed by atoms with E-state index in [9.17, 15) is 4.79 Å². The minimum Gasteiger partial charge on any atom is -0.497 e. The average molecular weight is 512 g/mol. The molecule has 0 aliphatic carbocycles. The Bertz CT molecular complexity index is 1560. The maximum atomic E-state index is 13.9. The number of hydrogen-bond acceptors (Lipinski definition) is 5. The number of carbonyl (C=O) groups is 1. The zero-order valence-electron chi connectivity index (χ0n) is 22.5. The van der Waals surface area contributed by atoms with Gasteiger partial charge in [-0.3, -0.25) is 15.2 Å². The molecule has 0 bridgehead atoms.